The van der Waals surface area contributed by atoms with Crippen LogP contribution in [0.1, 0.15) is 59.7 Å². The van der Waals surface area contributed by atoms with Crippen LogP contribution < -0.4 is 28.4 Å². The Morgan fingerprint density at radius 2 is 0.744 bits per heavy atom. The molecule has 1 fully saturated rings. The van der Waals surface area contributed by atoms with Crippen LogP contribution in [0.5, 0.6) is 34.5 Å². The van der Waals surface area contributed by atoms with Gasteiger partial charge in [0.15, 0.2) is 34.9 Å². The molecule has 86 heavy (non-hydrogen) atoms. The summed E-state index contributed by atoms with van der Waals surface area (Å²) in [4.78, 5) is 44.1. The molecule has 0 amide bonds. The fourth-order valence-corrected chi connectivity index (χ4v) is 9.84. The van der Waals surface area contributed by atoms with Crippen LogP contribution in [0.25, 0.3) is 0 Å². The first-order valence-corrected chi connectivity index (χ1v) is 27.6. The molecule has 5 atom stereocenters. The number of nitro benzene ring substituents is 1. The number of benzene rings is 9. The van der Waals surface area contributed by atoms with E-state index in [1.54, 1.807) is 0 Å². The quantitative estimate of drug-likeness (QED) is 0.0213. The summed E-state index contributed by atoms with van der Waals surface area (Å²) in [5.74, 6) is -3.30. The van der Waals surface area contributed by atoms with Crippen LogP contribution >= 0.6 is 0 Å². The number of ketones is 2. The van der Waals surface area contributed by atoms with Crippen molar-refractivity contribution in [3.8, 4) is 34.5 Å². The molecular weight excluding hydrogens is 1100 g/mol. The van der Waals surface area contributed by atoms with E-state index in [-0.39, 0.29) is 79.7 Å². The third-order valence-corrected chi connectivity index (χ3v) is 14.4. The fraction of sp³-hybridized carbons (Fsp3) is 0.188. The lowest BCUT2D eigenvalue weighted by Gasteiger charge is -2.52. The number of para-hydroxylation sites is 1. The number of aliphatic hydroxyl groups excluding tert-OH is 2. The number of ether oxygens (including phenoxy) is 8. The summed E-state index contributed by atoms with van der Waals surface area (Å²) in [7, 11) is 0. The van der Waals surface area contributed by atoms with Crippen molar-refractivity contribution in [2.45, 2.75) is 75.9 Å². The van der Waals surface area contributed by atoms with Gasteiger partial charge in [-0.05, 0) is 63.7 Å². The summed E-state index contributed by atoms with van der Waals surface area (Å²) in [6, 6.07) is 65.1. The molecule has 0 aliphatic carbocycles. The Morgan fingerprint density at radius 1 is 0.442 bits per heavy atom. The normalized spacial score (nSPS) is 18.1. The van der Waals surface area contributed by atoms with E-state index < -0.39 is 76.2 Å². The molecule has 0 aromatic heterocycles. The number of carbonyl (C=O) groups is 2. The lowest BCUT2D eigenvalue weighted by Crippen LogP contribution is -2.80. The smallest absolute Gasteiger partial charge is 0.274 e. The van der Waals surface area contributed by atoms with Crippen molar-refractivity contribution in [1.29, 1.82) is 0 Å². The van der Waals surface area contributed by atoms with Crippen molar-refractivity contribution < 1.29 is 72.8 Å². The van der Waals surface area contributed by atoms with Gasteiger partial charge in [-0.25, -0.2) is 0 Å². The molecule has 0 spiro atoms. The standard InChI is InChI=1S/C69H61NO16/c71-39-61-66(74)68(75,64(72)54-35-57(79-40-47-21-7-1-8-22-47)62(83-44-51-29-15-5-16-30-51)58(36-54)80-41-48-23-9-2-10-24-48)69(76,67(86-61)85-46-53-33-19-20-34-56(53)70(77)78)65(73)55-37-59(81-42-49-25-11-3-12-26-49)63(84-45-52-31-17-6-18-32-52)60(38-55)82-43-50-27-13-4-14-28-50/h1-38,61,66-67,71,74-76H,39-46H2/t61-,66-,67-,68+,69+/m1/s1. The number of rotatable bonds is 27. The van der Waals surface area contributed by atoms with Gasteiger partial charge in [0.2, 0.25) is 28.7 Å². The van der Waals surface area contributed by atoms with Gasteiger partial charge in [-0.2, -0.15) is 0 Å². The predicted molar refractivity (Wildman–Crippen MR) is 316 cm³/mol. The van der Waals surface area contributed by atoms with Gasteiger partial charge in [0, 0.05) is 17.2 Å². The van der Waals surface area contributed by atoms with E-state index in [9.17, 15) is 30.5 Å². The number of hydrogen-bond donors (Lipinski definition) is 4. The molecule has 17 heteroatoms. The van der Waals surface area contributed by atoms with Gasteiger partial charge in [-0.15, -0.1) is 0 Å². The Labute approximate surface area is 495 Å². The second-order valence-electron chi connectivity index (χ2n) is 20.3. The van der Waals surface area contributed by atoms with Crippen molar-refractivity contribution in [2.75, 3.05) is 6.61 Å². The van der Waals surface area contributed by atoms with Crippen molar-refractivity contribution >= 4 is 17.3 Å². The summed E-state index contributed by atoms with van der Waals surface area (Å²) in [6.45, 7) is -2.23. The van der Waals surface area contributed by atoms with Crippen molar-refractivity contribution in [3.63, 3.8) is 0 Å². The van der Waals surface area contributed by atoms with E-state index >= 15 is 9.59 Å². The minimum Gasteiger partial charge on any atom is -0.485 e. The number of nitrogens with zero attached hydrogens (tertiary/aromatic N) is 1. The van der Waals surface area contributed by atoms with Crippen molar-refractivity contribution in [1.82, 2.24) is 0 Å². The highest BCUT2D eigenvalue weighted by molar-refractivity contribution is 6.13. The summed E-state index contributed by atoms with van der Waals surface area (Å²) in [5.41, 5.74) is -4.62. The SMILES string of the molecule is O=C(c1cc(OCc2ccccc2)c(OCc2ccccc2)c(OCc2ccccc2)c1)[C@]1(O)[C@H](OCc2ccccc2[N+](=O)[O-])O[C@H](CO)[C@@H](O)[C@@]1(O)C(=O)c1cc(OCc2ccccc2)c(OCc2ccccc2)c(OCc2ccccc2)c1. The van der Waals surface area contributed by atoms with Crippen LogP contribution in [0.15, 0.2) is 231 Å². The molecule has 10 rings (SSSR count). The average Bonchev–Trinajstić information content (AvgIpc) is 0.751. The van der Waals surface area contributed by atoms with Gasteiger partial charge in [-0.3, -0.25) is 19.7 Å². The summed E-state index contributed by atoms with van der Waals surface area (Å²) in [5, 5.41) is 63.4. The second kappa shape index (κ2) is 27.8. The summed E-state index contributed by atoms with van der Waals surface area (Å²) >= 11 is 0. The van der Waals surface area contributed by atoms with Crippen molar-refractivity contribution in [3.05, 3.63) is 291 Å². The molecule has 1 saturated heterocycles. The summed E-state index contributed by atoms with van der Waals surface area (Å²) in [6.07, 6.45) is -7.10. The highest BCUT2D eigenvalue weighted by Crippen LogP contribution is 2.49. The zero-order chi connectivity index (χ0) is 59.9. The molecule has 9 aromatic carbocycles. The highest BCUT2D eigenvalue weighted by atomic mass is 16.7. The molecule has 4 N–H and O–H groups in total. The van der Waals surface area contributed by atoms with E-state index in [2.05, 4.69) is 0 Å². The second-order valence-corrected chi connectivity index (χ2v) is 20.3. The third-order valence-electron chi connectivity index (χ3n) is 14.4. The Morgan fingerprint density at radius 3 is 1.07 bits per heavy atom. The topological polar surface area (TPSA) is 232 Å². The molecule has 0 unspecified atom stereocenters. The molecule has 17 nitrogen and oxygen atoms in total. The van der Waals surface area contributed by atoms with E-state index in [1.807, 2.05) is 182 Å². The first-order chi connectivity index (χ1) is 41.9. The van der Waals surface area contributed by atoms with Gasteiger partial charge < -0.3 is 58.3 Å². The lowest BCUT2D eigenvalue weighted by molar-refractivity contribution is -0.386. The molecule has 1 aliphatic rings. The largest absolute Gasteiger partial charge is 0.485 e. The monoisotopic (exact) mass is 1160 g/mol. The zero-order valence-electron chi connectivity index (χ0n) is 46.5. The molecular formula is C69H61NO16. The minimum atomic E-state index is -3.76. The van der Waals surface area contributed by atoms with Gasteiger partial charge in [-0.1, -0.05) is 194 Å². The van der Waals surface area contributed by atoms with E-state index in [0.29, 0.717) is 22.3 Å². The molecule has 0 bridgehead atoms. The number of aliphatic hydroxyl groups is 4. The molecule has 1 aliphatic heterocycles. The predicted octanol–water partition coefficient (Wildman–Crippen LogP) is 10.9. The molecule has 1 heterocycles. The fourth-order valence-electron chi connectivity index (χ4n) is 9.84. The lowest BCUT2D eigenvalue weighted by atomic mass is 9.66. The van der Waals surface area contributed by atoms with Gasteiger partial charge >= 0.3 is 0 Å². The zero-order valence-corrected chi connectivity index (χ0v) is 46.5. The Bertz CT molecular complexity index is 3580. The van der Waals surface area contributed by atoms with Crippen molar-refractivity contribution in [2.24, 2.45) is 0 Å². The maximum atomic E-state index is 16.3. The maximum Gasteiger partial charge on any atom is 0.274 e. The minimum absolute atomic E-state index is 0.00721. The third kappa shape index (κ3) is 13.6. The van der Waals surface area contributed by atoms with E-state index in [1.165, 1.54) is 48.5 Å². The van der Waals surface area contributed by atoms with Gasteiger partial charge in [0.25, 0.3) is 5.69 Å². The first kappa shape index (κ1) is 59.4. The van der Waals surface area contributed by atoms with Crippen LogP contribution in [-0.4, -0.2) is 73.2 Å². The Hall–Kier alpha value is -9.72. The van der Waals surface area contributed by atoms with Crippen LogP contribution in [0.3, 0.4) is 0 Å². The number of Topliss-reactive ketones (excluding diaryl/α,β-unsaturated/α-hetero) is 2. The van der Waals surface area contributed by atoms with Crippen LogP contribution in [0, 0.1) is 10.1 Å². The van der Waals surface area contributed by atoms with E-state index in [0.717, 1.165) is 11.1 Å². The Kier molecular flexibility index (Phi) is 19.2. The number of nitro groups is 1. The molecule has 0 saturated carbocycles. The Balaban J connectivity index is 1.15. The van der Waals surface area contributed by atoms with Gasteiger partial charge in [0.05, 0.1) is 23.7 Å². The average molecular weight is 1160 g/mol. The summed E-state index contributed by atoms with van der Waals surface area (Å²) < 4.78 is 51.2. The van der Waals surface area contributed by atoms with E-state index in [4.69, 9.17) is 37.9 Å². The van der Waals surface area contributed by atoms with Crippen LogP contribution in [0.2, 0.25) is 0 Å². The van der Waals surface area contributed by atoms with Gasteiger partial charge in [0.1, 0.15) is 51.8 Å². The number of hydrogen-bond acceptors (Lipinski definition) is 16. The molecule has 0 radical (unpaired) electrons. The van der Waals surface area contributed by atoms with Crippen LogP contribution in [0.4, 0.5) is 5.69 Å². The van der Waals surface area contributed by atoms with Crippen LogP contribution in [-0.2, 0) is 55.7 Å². The highest BCUT2D eigenvalue weighted by Gasteiger charge is 2.73. The molecule has 9 aromatic rings. The molecule has 438 valence electrons. The number of carbonyl (C=O) groups excluding carboxylic acids is 2. The first-order valence-electron chi connectivity index (χ1n) is 27.6. The maximum absolute atomic E-state index is 16.3.